The molecule has 5 rings (SSSR count). The maximum absolute atomic E-state index is 14.6. The van der Waals surface area contributed by atoms with Gasteiger partial charge in [-0.2, -0.15) is 0 Å². The molecular weight excluding hydrogens is 515 g/mol. The molecule has 6 nitrogen and oxygen atoms in total. The molecule has 0 aromatic heterocycles. The molecule has 1 unspecified atom stereocenters. The van der Waals surface area contributed by atoms with Crippen LogP contribution in [0.3, 0.4) is 0 Å². The third kappa shape index (κ3) is 6.80. The molecule has 1 aromatic rings. The number of ether oxygens (including phenoxy) is 1. The van der Waals surface area contributed by atoms with Crippen molar-refractivity contribution in [2.45, 2.75) is 88.7 Å². The summed E-state index contributed by atoms with van der Waals surface area (Å²) in [7, 11) is -3.76. The van der Waals surface area contributed by atoms with Crippen molar-refractivity contribution in [2.24, 2.45) is 17.3 Å². The van der Waals surface area contributed by atoms with Gasteiger partial charge in [0.1, 0.15) is 11.6 Å². The lowest BCUT2D eigenvalue weighted by molar-refractivity contribution is 0.0856. The third-order valence-corrected chi connectivity index (χ3v) is 11.3. The van der Waals surface area contributed by atoms with Crippen LogP contribution in [0.15, 0.2) is 12.1 Å². The molecule has 4 aliphatic rings. The van der Waals surface area contributed by atoms with Gasteiger partial charge in [-0.15, -0.1) is 0 Å². The van der Waals surface area contributed by atoms with Gasteiger partial charge in [-0.1, -0.05) is 30.9 Å². The van der Waals surface area contributed by atoms with Crippen LogP contribution in [0.2, 0.25) is 5.02 Å². The number of piperidine rings is 1. The van der Waals surface area contributed by atoms with E-state index in [1.54, 1.807) is 0 Å². The van der Waals surface area contributed by atoms with Crippen LogP contribution in [0.4, 0.5) is 4.39 Å². The normalized spacial score (nSPS) is 24.9. The second kappa shape index (κ2) is 11.4. The Morgan fingerprint density at radius 1 is 1.05 bits per heavy atom. The van der Waals surface area contributed by atoms with E-state index in [-0.39, 0.29) is 10.8 Å². The second-order valence-corrected chi connectivity index (χ2v) is 14.4. The van der Waals surface area contributed by atoms with Gasteiger partial charge in [0.05, 0.1) is 22.4 Å². The first-order valence-electron chi connectivity index (χ1n) is 14.1. The van der Waals surface area contributed by atoms with Gasteiger partial charge in [0.25, 0.3) is 5.91 Å². The van der Waals surface area contributed by atoms with E-state index < -0.39 is 32.6 Å². The molecule has 9 heteroatoms. The van der Waals surface area contributed by atoms with E-state index in [0.29, 0.717) is 30.8 Å². The molecule has 0 bridgehead atoms. The van der Waals surface area contributed by atoms with Gasteiger partial charge in [0.15, 0.2) is 0 Å². The molecule has 1 N–H and O–H groups in total. The lowest BCUT2D eigenvalue weighted by Crippen LogP contribution is -2.41. The Bertz CT molecular complexity index is 1080. The number of nitrogens with one attached hydrogen (secondary N) is 1. The number of sulfonamides is 1. The van der Waals surface area contributed by atoms with E-state index in [1.165, 1.54) is 83.8 Å². The number of rotatable bonds is 9. The van der Waals surface area contributed by atoms with Gasteiger partial charge >= 0.3 is 0 Å². The highest BCUT2D eigenvalue weighted by Crippen LogP contribution is 2.50. The molecule has 0 radical (unpaired) electrons. The summed E-state index contributed by atoms with van der Waals surface area (Å²) in [4.78, 5) is 15.0. The van der Waals surface area contributed by atoms with Crippen molar-refractivity contribution >= 4 is 27.5 Å². The van der Waals surface area contributed by atoms with Crippen LogP contribution < -0.4 is 9.46 Å². The third-order valence-electron chi connectivity index (χ3n) is 9.21. The first kappa shape index (κ1) is 27.2. The Kier molecular flexibility index (Phi) is 8.37. The van der Waals surface area contributed by atoms with Gasteiger partial charge in [-0.05, 0) is 101 Å². The molecule has 1 heterocycles. The summed E-state index contributed by atoms with van der Waals surface area (Å²) in [5.74, 6) is -0.149. The number of halogens is 2. The Morgan fingerprint density at radius 2 is 1.78 bits per heavy atom. The predicted octanol–water partition coefficient (Wildman–Crippen LogP) is 5.93. The summed E-state index contributed by atoms with van der Waals surface area (Å²) in [5, 5.41) is -0.468. The number of hydrogen-bond donors (Lipinski definition) is 1. The molecule has 206 valence electrons. The summed E-state index contributed by atoms with van der Waals surface area (Å²) in [6.07, 6.45) is 15.3. The molecule has 1 saturated heterocycles. The van der Waals surface area contributed by atoms with E-state index in [1.807, 2.05) is 4.72 Å². The lowest BCUT2D eigenvalue weighted by Gasteiger charge is -2.41. The molecule has 1 amide bonds. The van der Waals surface area contributed by atoms with Crippen LogP contribution in [0.5, 0.6) is 5.75 Å². The number of nitrogens with zero attached hydrogens (tertiary/aromatic N) is 1. The summed E-state index contributed by atoms with van der Waals surface area (Å²) in [5.41, 5.74) is 0.0851. The first-order chi connectivity index (χ1) is 17.7. The average molecular weight is 555 g/mol. The highest BCUT2D eigenvalue weighted by Gasteiger charge is 2.41. The number of amides is 1. The first-order valence-corrected chi connectivity index (χ1v) is 16.1. The molecule has 37 heavy (non-hydrogen) atoms. The van der Waals surface area contributed by atoms with E-state index in [0.717, 1.165) is 24.5 Å². The molecule has 1 atom stereocenters. The number of likely N-dealkylation sites (tertiary alicyclic amines) is 1. The van der Waals surface area contributed by atoms with Crippen LogP contribution in [-0.2, 0) is 10.0 Å². The Balaban J connectivity index is 1.07. The second-order valence-electron chi connectivity index (χ2n) is 12.0. The minimum Gasteiger partial charge on any atom is -0.492 e. The van der Waals surface area contributed by atoms with Gasteiger partial charge in [0.2, 0.25) is 10.0 Å². The summed E-state index contributed by atoms with van der Waals surface area (Å²) in [6.45, 7) is 4.20. The summed E-state index contributed by atoms with van der Waals surface area (Å²) in [6, 6.07) is 2.23. The van der Waals surface area contributed by atoms with E-state index in [4.69, 9.17) is 16.3 Å². The minimum absolute atomic E-state index is 0.101. The van der Waals surface area contributed by atoms with Crippen molar-refractivity contribution in [2.75, 3.05) is 26.2 Å². The largest absolute Gasteiger partial charge is 0.492 e. The van der Waals surface area contributed by atoms with Crippen molar-refractivity contribution in [3.8, 4) is 5.75 Å². The van der Waals surface area contributed by atoms with E-state index >= 15 is 0 Å². The smallest absolute Gasteiger partial charge is 0.267 e. The summed E-state index contributed by atoms with van der Waals surface area (Å²) < 4.78 is 46.4. The van der Waals surface area contributed by atoms with Gasteiger partial charge < -0.3 is 9.64 Å². The van der Waals surface area contributed by atoms with Gasteiger partial charge in [-0.3, -0.25) is 4.79 Å². The van der Waals surface area contributed by atoms with E-state index in [2.05, 4.69) is 4.90 Å². The number of carbonyl (C=O) groups excluding carboxylic acids is 1. The highest BCUT2D eigenvalue weighted by molar-refractivity contribution is 7.91. The predicted molar refractivity (Wildman–Crippen MR) is 143 cm³/mol. The highest BCUT2D eigenvalue weighted by atomic mass is 35.5. The van der Waals surface area contributed by atoms with Gasteiger partial charge in [0, 0.05) is 12.6 Å². The molecule has 1 aliphatic heterocycles. The maximum atomic E-state index is 14.6. The van der Waals surface area contributed by atoms with Crippen molar-refractivity contribution in [3.63, 3.8) is 0 Å². The van der Waals surface area contributed by atoms with Gasteiger partial charge in [-0.25, -0.2) is 17.5 Å². The molecular formula is C28H40ClFN2O4S. The monoisotopic (exact) mass is 554 g/mol. The quantitative estimate of drug-likeness (QED) is 0.409. The van der Waals surface area contributed by atoms with Crippen LogP contribution in [0.1, 0.15) is 93.8 Å². The fourth-order valence-corrected chi connectivity index (χ4v) is 8.28. The molecule has 4 fully saturated rings. The van der Waals surface area contributed by atoms with Crippen molar-refractivity contribution in [3.05, 3.63) is 28.5 Å². The summed E-state index contributed by atoms with van der Waals surface area (Å²) >= 11 is 6.26. The SMILES string of the molecule is O=C(NS(=O)(=O)C1CC1)c1cc(Cl)c(OCCC2CCC3(CCN(CC4CCCCC4)CC3)C2)cc1F. The zero-order valence-electron chi connectivity index (χ0n) is 21.7. The Hall–Kier alpha value is -1.38. The molecule has 3 aliphatic carbocycles. The topological polar surface area (TPSA) is 75.7 Å². The van der Waals surface area contributed by atoms with Crippen molar-refractivity contribution in [1.29, 1.82) is 0 Å². The molecule has 1 aromatic carbocycles. The van der Waals surface area contributed by atoms with Crippen LogP contribution in [0, 0.1) is 23.1 Å². The minimum atomic E-state index is -3.76. The number of hydrogen-bond acceptors (Lipinski definition) is 5. The van der Waals surface area contributed by atoms with Crippen LogP contribution >= 0.6 is 11.6 Å². The number of benzene rings is 1. The zero-order chi connectivity index (χ0) is 26.0. The zero-order valence-corrected chi connectivity index (χ0v) is 23.2. The van der Waals surface area contributed by atoms with Crippen LogP contribution in [-0.4, -0.2) is 50.7 Å². The molecule has 3 saturated carbocycles. The Labute approximate surface area is 225 Å². The van der Waals surface area contributed by atoms with Crippen molar-refractivity contribution < 1.29 is 22.3 Å². The van der Waals surface area contributed by atoms with Crippen molar-refractivity contribution in [1.82, 2.24) is 9.62 Å². The fourth-order valence-electron chi connectivity index (χ4n) is 6.77. The lowest BCUT2D eigenvalue weighted by atomic mass is 9.76. The Morgan fingerprint density at radius 3 is 2.49 bits per heavy atom. The van der Waals surface area contributed by atoms with Crippen LogP contribution in [0.25, 0.3) is 0 Å². The standard InChI is InChI=1S/C28H40ClFN2O4S/c29-24-16-23(27(33)31-37(34,35)22-6-7-22)25(30)17-26(24)36-15-9-20-8-10-28(18-20)11-13-32(14-12-28)19-21-4-2-1-3-5-21/h16-17,20-22H,1-15,18-19H2,(H,31,33). The molecule has 1 spiro atoms. The number of carbonyl (C=O) groups is 1. The van der Waals surface area contributed by atoms with E-state index in [9.17, 15) is 17.6 Å². The maximum Gasteiger partial charge on any atom is 0.267 e. The average Bonchev–Trinajstić information content (AvgIpc) is 3.67. The fraction of sp³-hybridized carbons (Fsp3) is 0.750.